The number of rotatable bonds is 6. The summed E-state index contributed by atoms with van der Waals surface area (Å²) in [5, 5.41) is 9.79. The van der Waals surface area contributed by atoms with E-state index >= 15 is 0 Å². The molecule has 0 heterocycles. The van der Waals surface area contributed by atoms with Crippen molar-refractivity contribution >= 4 is 19.5 Å². The highest BCUT2D eigenvalue weighted by molar-refractivity contribution is 7.56. The standard InChI is InChI=1S/C24H37O5P/c1-22(2,3)18-15-17(21(26)19(16-18)23(4,5)6)11-12-20(25)24(13-9-10-14-24)30(27,28-7)29-8/h11-12,15-16,26H,9-10,13-14H2,1-8H3/b12-11+. The molecule has 0 spiro atoms. The monoisotopic (exact) mass is 436 g/mol. The summed E-state index contributed by atoms with van der Waals surface area (Å²) in [7, 11) is -0.927. The number of aromatic hydroxyl groups is 1. The molecule has 1 fully saturated rings. The summed E-state index contributed by atoms with van der Waals surface area (Å²) in [6, 6.07) is 3.96. The average molecular weight is 437 g/mol. The van der Waals surface area contributed by atoms with Crippen LogP contribution in [0.4, 0.5) is 0 Å². The van der Waals surface area contributed by atoms with Crippen LogP contribution in [0.5, 0.6) is 5.75 Å². The quantitative estimate of drug-likeness (QED) is 0.414. The topological polar surface area (TPSA) is 72.8 Å². The summed E-state index contributed by atoms with van der Waals surface area (Å²) in [4.78, 5) is 13.3. The van der Waals surface area contributed by atoms with Crippen LogP contribution in [-0.4, -0.2) is 30.3 Å². The molecule has 1 aliphatic carbocycles. The van der Waals surface area contributed by atoms with Gasteiger partial charge < -0.3 is 14.2 Å². The summed E-state index contributed by atoms with van der Waals surface area (Å²) in [6.07, 6.45) is 5.61. The van der Waals surface area contributed by atoms with Gasteiger partial charge in [-0.05, 0) is 47.5 Å². The van der Waals surface area contributed by atoms with Crippen molar-refractivity contribution in [2.45, 2.75) is 83.2 Å². The number of hydrogen-bond acceptors (Lipinski definition) is 5. The fraction of sp³-hybridized carbons (Fsp3) is 0.625. The van der Waals surface area contributed by atoms with Gasteiger partial charge in [-0.25, -0.2) is 0 Å². The SMILES string of the molecule is COP(=O)(OC)C1(C(=O)/C=C/c2cc(C(C)(C)C)cc(C(C)(C)C)c2O)CCCC1. The Morgan fingerprint density at radius 3 is 2.00 bits per heavy atom. The first-order valence-electron chi connectivity index (χ1n) is 10.5. The third-order valence-electron chi connectivity index (χ3n) is 6.12. The lowest BCUT2D eigenvalue weighted by Gasteiger charge is -2.32. The zero-order chi connectivity index (χ0) is 23.0. The van der Waals surface area contributed by atoms with Crippen LogP contribution in [0.1, 0.15) is 83.9 Å². The van der Waals surface area contributed by atoms with E-state index in [9.17, 15) is 14.5 Å². The molecule has 0 aliphatic heterocycles. The van der Waals surface area contributed by atoms with E-state index in [1.807, 2.05) is 32.9 Å². The Kier molecular flexibility index (Phi) is 7.13. The van der Waals surface area contributed by atoms with E-state index in [4.69, 9.17) is 9.05 Å². The molecular formula is C24H37O5P. The van der Waals surface area contributed by atoms with E-state index in [1.165, 1.54) is 20.3 Å². The van der Waals surface area contributed by atoms with Gasteiger partial charge in [0, 0.05) is 25.3 Å². The lowest BCUT2D eigenvalue weighted by Crippen LogP contribution is -2.35. The van der Waals surface area contributed by atoms with E-state index in [0.29, 0.717) is 18.4 Å². The van der Waals surface area contributed by atoms with Crippen molar-refractivity contribution in [2.75, 3.05) is 14.2 Å². The highest BCUT2D eigenvalue weighted by Gasteiger charge is 2.56. The normalized spacial score (nSPS) is 17.6. The van der Waals surface area contributed by atoms with E-state index in [0.717, 1.165) is 24.0 Å². The van der Waals surface area contributed by atoms with Crippen LogP contribution >= 0.6 is 7.60 Å². The van der Waals surface area contributed by atoms with Crippen LogP contribution in [0.2, 0.25) is 0 Å². The van der Waals surface area contributed by atoms with Crippen LogP contribution in [0, 0.1) is 0 Å². The Labute approximate surface area is 181 Å². The van der Waals surface area contributed by atoms with Gasteiger partial charge in [-0.1, -0.05) is 60.5 Å². The largest absolute Gasteiger partial charge is 0.507 e. The number of phenols is 1. The lowest BCUT2D eigenvalue weighted by atomic mass is 9.79. The number of benzene rings is 1. The maximum Gasteiger partial charge on any atom is 0.343 e. The molecule has 1 aliphatic rings. The minimum Gasteiger partial charge on any atom is -0.507 e. The van der Waals surface area contributed by atoms with Crippen LogP contribution in [-0.2, 0) is 29.2 Å². The van der Waals surface area contributed by atoms with Gasteiger partial charge in [-0.3, -0.25) is 9.36 Å². The van der Waals surface area contributed by atoms with Gasteiger partial charge in [0.1, 0.15) is 10.9 Å². The molecule has 1 aromatic rings. The summed E-state index contributed by atoms with van der Waals surface area (Å²) < 4.78 is 23.7. The molecule has 1 aromatic carbocycles. The molecular weight excluding hydrogens is 399 g/mol. The van der Waals surface area contributed by atoms with Gasteiger partial charge >= 0.3 is 7.60 Å². The Bertz CT molecular complexity index is 857. The average Bonchev–Trinajstić information content (AvgIpc) is 3.16. The van der Waals surface area contributed by atoms with E-state index in [-0.39, 0.29) is 22.4 Å². The minimum absolute atomic E-state index is 0.116. The third-order valence-corrected chi connectivity index (χ3v) is 8.80. The zero-order valence-electron chi connectivity index (χ0n) is 19.7. The van der Waals surface area contributed by atoms with E-state index in [1.54, 1.807) is 6.08 Å². The van der Waals surface area contributed by atoms with Gasteiger partial charge in [0.05, 0.1) is 0 Å². The predicted octanol–water partition coefficient (Wildman–Crippen LogP) is 6.37. The zero-order valence-corrected chi connectivity index (χ0v) is 20.6. The van der Waals surface area contributed by atoms with Gasteiger partial charge in [-0.2, -0.15) is 0 Å². The molecule has 168 valence electrons. The maximum atomic E-state index is 13.3. The smallest absolute Gasteiger partial charge is 0.343 e. The highest BCUT2D eigenvalue weighted by atomic mass is 31.2. The summed E-state index contributed by atoms with van der Waals surface area (Å²) >= 11 is 0. The molecule has 0 bridgehead atoms. The maximum absolute atomic E-state index is 13.3. The number of carbonyl (C=O) groups is 1. The Morgan fingerprint density at radius 2 is 1.57 bits per heavy atom. The summed E-state index contributed by atoms with van der Waals surface area (Å²) in [5.41, 5.74) is 2.12. The van der Waals surface area contributed by atoms with Gasteiger partial charge in [0.2, 0.25) is 0 Å². The molecule has 6 heteroatoms. The number of phenolic OH excluding ortho intramolecular Hbond substituents is 1. The van der Waals surface area contributed by atoms with Crippen molar-refractivity contribution in [2.24, 2.45) is 0 Å². The first-order chi connectivity index (χ1) is 13.7. The molecule has 2 rings (SSSR count). The highest BCUT2D eigenvalue weighted by Crippen LogP contribution is 2.65. The molecule has 1 N–H and O–H groups in total. The second-order valence-corrected chi connectivity index (χ2v) is 12.8. The first-order valence-corrected chi connectivity index (χ1v) is 12.1. The second-order valence-electron chi connectivity index (χ2n) is 10.3. The molecule has 5 nitrogen and oxygen atoms in total. The first kappa shape index (κ1) is 24.8. The molecule has 0 amide bonds. The van der Waals surface area contributed by atoms with Crippen LogP contribution < -0.4 is 0 Å². The van der Waals surface area contributed by atoms with Crippen molar-refractivity contribution in [1.29, 1.82) is 0 Å². The van der Waals surface area contributed by atoms with Crippen molar-refractivity contribution < 1.29 is 23.5 Å². The molecule has 0 atom stereocenters. The third kappa shape index (κ3) is 4.59. The number of allylic oxidation sites excluding steroid dienone is 1. The van der Waals surface area contributed by atoms with Crippen molar-refractivity contribution in [1.82, 2.24) is 0 Å². The molecule has 0 aromatic heterocycles. The van der Waals surface area contributed by atoms with Gasteiger partial charge in [-0.15, -0.1) is 0 Å². The Hall–Kier alpha value is -1.42. The fourth-order valence-electron chi connectivity index (χ4n) is 4.15. The summed E-state index contributed by atoms with van der Waals surface area (Å²) in [6.45, 7) is 12.5. The molecule has 0 radical (unpaired) electrons. The second kappa shape index (κ2) is 8.61. The number of hydrogen-bond donors (Lipinski definition) is 1. The van der Waals surface area contributed by atoms with Crippen molar-refractivity contribution in [3.8, 4) is 5.75 Å². The lowest BCUT2D eigenvalue weighted by molar-refractivity contribution is -0.117. The molecule has 0 saturated heterocycles. The molecule has 1 saturated carbocycles. The van der Waals surface area contributed by atoms with E-state index in [2.05, 4.69) is 20.8 Å². The predicted molar refractivity (Wildman–Crippen MR) is 122 cm³/mol. The van der Waals surface area contributed by atoms with Crippen LogP contribution in [0.25, 0.3) is 6.08 Å². The van der Waals surface area contributed by atoms with Gasteiger partial charge in [0.25, 0.3) is 0 Å². The Morgan fingerprint density at radius 1 is 1.03 bits per heavy atom. The van der Waals surface area contributed by atoms with Crippen molar-refractivity contribution in [3.63, 3.8) is 0 Å². The van der Waals surface area contributed by atoms with Crippen molar-refractivity contribution in [3.05, 3.63) is 34.9 Å². The van der Waals surface area contributed by atoms with Gasteiger partial charge in [0.15, 0.2) is 5.78 Å². The molecule has 0 unspecified atom stereocenters. The number of carbonyl (C=O) groups excluding carboxylic acids is 1. The minimum atomic E-state index is -3.58. The molecule has 30 heavy (non-hydrogen) atoms. The fourth-order valence-corrected chi connectivity index (χ4v) is 6.20. The van der Waals surface area contributed by atoms with E-state index < -0.39 is 12.8 Å². The summed E-state index contributed by atoms with van der Waals surface area (Å²) in [5.74, 6) is -0.105. The Balaban J connectivity index is 2.55. The number of ketones is 1. The van der Waals surface area contributed by atoms with Crippen LogP contribution in [0.3, 0.4) is 0 Å². The van der Waals surface area contributed by atoms with Crippen LogP contribution in [0.15, 0.2) is 18.2 Å².